The molecule has 4 rings (SSSR count). The molecule has 1 fully saturated rings. The Morgan fingerprint density at radius 2 is 2.00 bits per heavy atom. The van der Waals surface area contributed by atoms with E-state index in [1.54, 1.807) is 30.9 Å². The molecule has 0 saturated carbocycles. The van der Waals surface area contributed by atoms with Crippen molar-refractivity contribution < 1.29 is 18.7 Å². The first-order valence-corrected chi connectivity index (χ1v) is 10.6. The average Bonchev–Trinajstić information content (AvgIpc) is 3.29. The van der Waals surface area contributed by atoms with Gasteiger partial charge in [-0.3, -0.25) is 4.79 Å². The van der Waals surface area contributed by atoms with Crippen LogP contribution in [-0.2, 0) is 9.47 Å². The summed E-state index contributed by atoms with van der Waals surface area (Å²) < 4.78 is 25.7. The van der Waals surface area contributed by atoms with Gasteiger partial charge in [0.1, 0.15) is 18.3 Å². The summed E-state index contributed by atoms with van der Waals surface area (Å²) in [6, 6.07) is 4.79. The number of benzene rings is 1. The molecule has 0 unspecified atom stereocenters. The second-order valence-electron chi connectivity index (χ2n) is 6.89. The fraction of sp³-hybridized carbons (Fsp3) is 0.368. The van der Waals surface area contributed by atoms with Crippen LogP contribution >= 0.6 is 11.8 Å². The normalized spacial score (nSPS) is 16.9. The quantitative estimate of drug-likeness (QED) is 0.665. The van der Waals surface area contributed by atoms with Gasteiger partial charge in [0.2, 0.25) is 11.4 Å². The zero-order valence-corrected chi connectivity index (χ0v) is 17.1. The van der Waals surface area contributed by atoms with Crippen molar-refractivity contribution >= 4 is 34.9 Å². The van der Waals surface area contributed by atoms with E-state index in [0.29, 0.717) is 29.6 Å². The fourth-order valence-corrected chi connectivity index (χ4v) is 3.82. The molecule has 2 aromatic rings. The molecular weight excluding hydrogens is 411 g/mol. The van der Waals surface area contributed by atoms with Gasteiger partial charge in [0.25, 0.3) is 5.91 Å². The zero-order valence-electron chi connectivity index (χ0n) is 16.2. The van der Waals surface area contributed by atoms with Gasteiger partial charge in [0.15, 0.2) is 11.5 Å². The van der Waals surface area contributed by atoms with Gasteiger partial charge in [-0.1, -0.05) is 11.8 Å². The monoisotopic (exact) mass is 432 g/mol. The molecule has 0 bridgehead atoms. The summed E-state index contributed by atoms with van der Waals surface area (Å²) in [7, 11) is 0. The van der Waals surface area contributed by atoms with E-state index in [-0.39, 0.29) is 29.5 Å². The maximum absolute atomic E-state index is 14.9. The van der Waals surface area contributed by atoms with Crippen molar-refractivity contribution in [1.29, 1.82) is 0 Å². The summed E-state index contributed by atoms with van der Waals surface area (Å²) in [4.78, 5) is 17.8. The lowest BCUT2D eigenvalue weighted by Gasteiger charge is -2.35. The van der Waals surface area contributed by atoms with Crippen molar-refractivity contribution in [2.75, 3.05) is 29.6 Å². The second kappa shape index (κ2) is 8.74. The van der Waals surface area contributed by atoms with Gasteiger partial charge in [0.05, 0.1) is 5.69 Å². The number of anilines is 3. The third kappa shape index (κ3) is 4.25. The zero-order chi connectivity index (χ0) is 21.1. The number of hydrogen-bond donors (Lipinski definition) is 2. The number of carbonyl (C=O) groups excluding carboxylic acids is 1. The summed E-state index contributed by atoms with van der Waals surface area (Å²) in [5.41, 5.74) is 6.18. The Hall–Kier alpha value is -3.08. The summed E-state index contributed by atoms with van der Waals surface area (Å²) >= 11 is 1.27. The topological polar surface area (TPSA) is 115 Å². The van der Waals surface area contributed by atoms with Crippen molar-refractivity contribution in [3.05, 3.63) is 42.2 Å². The van der Waals surface area contributed by atoms with Crippen LogP contribution in [0.4, 0.5) is 21.6 Å². The first-order chi connectivity index (χ1) is 14.5. The highest BCUT2D eigenvalue weighted by Crippen LogP contribution is 2.31. The number of aromatic nitrogens is 3. The highest BCUT2D eigenvalue weighted by atomic mass is 32.2. The number of ether oxygens (including phenoxy) is 2. The molecule has 0 spiro atoms. The minimum atomic E-state index is -0.768. The Kier molecular flexibility index (Phi) is 5.88. The minimum Gasteiger partial charge on any atom is -0.459 e. The number of amides is 1. The van der Waals surface area contributed by atoms with Crippen LogP contribution in [0.25, 0.3) is 0 Å². The molecule has 1 saturated heterocycles. The minimum absolute atomic E-state index is 0.106. The third-order valence-corrected chi connectivity index (χ3v) is 5.58. The van der Waals surface area contributed by atoms with Crippen LogP contribution in [-0.4, -0.2) is 46.7 Å². The summed E-state index contributed by atoms with van der Waals surface area (Å²) in [5, 5.41) is 10.9. The summed E-state index contributed by atoms with van der Waals surface area (Å²) in [6.07, 6.45) is 6.35. The van der Waals surface area contributed by atoms with Crippen LogP contribution < -0.4 is 16.0 Å². The lowest BCUT2D eigenvalue weighted by molar-refractivity contribution is -0.0728. The van der Waals surface area contributed by atoms with Crippen molar-refractivity contribution in [2.24, 2.45) is 11.7 Å². The predicted octanol–water partition coefficient (Wildman–Crippen LogP) is 2.64. The molecular formula is C19H21FN6O3S. The molecule has 2 aliphatic rings. The number of nitrogens with zero attached hydrogens (tertiary/aromatic N) is 4. The molecule has 11 heteroatoms. The number of piperidine rings is 1. The Morgan fingerprint density at radius 1 is 1.27 bits per heavy atom. The average molecular weight is 432 g/mol. The molecule has 2 aliphatic heterocycles. The van der Waals surface area contributed by atoms with Gasteiger partial charge < -0.3 is 25.4 Å². The van der Waals surface area contributed by atoms with Crippen LogP contribution in [0.3, 0.4) is 0 Å². The molecule has 3 heterocycles. The maximum Gasteiger partial charge on any atom is 0.273 e. The Labute approximate surface area is 176 Å². The molecule has 158 valence electrons. The van der Waals surface area contributed by atoms with Crippen LogP contribution in [0.1, 0.15) is 23.3 Å². The van der Waals surface area contributed by atoms with E-state index in [9.17, 15) is 9.18 Å². The number of rotatable bonds is 6. The fourth-order valence-electron chi connectivity index (χ4n) is 3.51. The smallest absolute Gasteiger partial charge is 0.273 e. The Bertz CT molecular complexity index is 959. The first-order valence-electron chi connectivity index (χ1n) is 9.41. The van der Waals surface area contributed by atoms with Gasteiger partial charge >= 0.3 is 0 Å². The molecule has 0 atom stereocenters. The van der Waals surface area contributed by atoms with Crippen molar-refractivity contribution in [3.8, 4) is 0 Å². The maximum atomic E-state index is 14.9. The van der Waals surface area contributed by atoms with Gasteiger partial charge in [0, 0.05) is 24.7 Å². The van der Waals surface area contributed by atoms with Gasteiger partial charge in [-0.2, -0.15) is 0 Å². The third-order valence-electron chi connectivity index (χ3n) is 5.04. The molecule has 30 heavy (non-hydrogen) atoms. The van der Waals surface area contributed by atoms with Crippen LogP contribution in [0.5, 0.6) is 0 Å². The molecule has 1 amide bonds. The highest BCUT2D eigenvalue weighted by molar-refractivity contribution is 7.98. The number of thioether (sulfide) groups is 1. The van der Waals surface area contributed by atoms with E-state index >= 15 is 0 Å². The van der Waals surface area contributed by atoms with Crippen LogP contribution in [0.2, 0.25) is 0 Å². The van der Waals surface area contributed by atoms with E-state index in [2.05, 4.69) is 20.5 Å². The Morgan fingerprint density at radius 3 is 2.63 bits per heavy atom. The van der Waals surface area contributed by atoms with Crippen molar-refractivity contribution in [2.45, 2.75) is 24.3 Å². The Balaban J connectivity index is 1.46. The van der Waals surface area contributed by atoms with Gasteiger partial charge in [-0.25, -0.2) is 9.37 Å². The molecule has 1 aromatic carbocycles. The van der Waals surface area contributed by atoms with Crippen LogP contribution in [0, 0.1) is 11.7 Å². The number of primary amides is 1. The number of carbonyl (C=O) groups is 1. The SMILES string of the molecule is CSc1nnc(C(N)=O)c(Nc2ccc(N3CCC(C4OC=CO4)CC3)c(F)c2)n1. The standard InChI is InChI=1S/C19H21FN6O3S/c1-30-19-23-17(15(16(21)27)24-25-19)22-12-2-3-14(13(20)10-12)26-6-4-11(5-7-26)18-28-8-9-29-18/h2-3,8-11,18H,4-7H2,1H3,(H2,21,27)(H,22,23,25). The molecule has 3 N–H and O–H groups in total. The molecule has 0 radical (unpaired) electrons. The van der Waals surface area contributed by atoms with Gasteiger partial charge in [-0.05, 0) is 37.3 Å². The lowest BCUT2D eigenvalue weighted by atomic mass is 9.95. The van der Waals surface area contributed by atoms with E-state index < -0.39 is 5.91 Å². The van der Waals surface area contributed by atoms with E-state index in [4.69, 9.17) is 15.2 Å². The van der Waals surface area contributed by atoms with Gasteiger partial charge in [-0.15, -0.1) is 10.2 Å². The van der Waals surface area contributed by atoms with Crippen molar-refractivity contribution in [1.82, 2.24) is 15.2 Å². The first kappa shape index (κ1) is 20.2. The highest BCUT2D eigenvalue weighted by Gasteiger charge is 2.30. The number of halogens is 1. The number of nitrogens with one attached hydrogen (secondary N) is 1. The van der Waals surface area contributed by atoms with Crippen LogP contribution in [0.15, 0.2) is 35.9 Å². The second-order valence-corrected chi connectivity index (χ2v) is 7.66. The molecule has 0 aliphatic carbocycles. The summed E-state index contributed by atoms with van der Waals surface area (Å²) in [6.45, 7) is 1.41. The number of hydrogen-bond acceptors (Lipinski definition) is 9. The largest absolute Gasteiger partial charge is 0.459 e. The number of nitrogens with two attached hydrogens (primary N) is 1. The lowest BCUT2D eigenvalue weighted by Crippen LogP contribution is -2.38. The summed E-state index contributed by atoms with van der Waals surface area (Å²) in [5.74, 6) is -0.722. The molecule has 1 aromatic heterocycles. The van der Waals surface area contributed by atoms with E-state index in [1.165, 1.54) is 17.8 Å². The molecule has 9 nitrogen and oxygen atoms in total. The van der Waals surface area contributed by atoms with Crippen molar-refractivity contribution in [3.63, 3.8) is 0 Å². The van der Waals surface area contributed by atoms with E-state index in [1.807, 2.05) is 4.90 Å². The predicted molar refractivity (Wildman–Crippen MR) is 110 cm³/mol. The van der Waals surface area contributed by atoms with E-state index in [0.717, 1.165) is 12.8 Å².